The first-order chi connectivity index (χ1) is 10.4. The second-order valence-corrected chi connectivity index (χ2v) is 4.48. The van der Waals surface area contributed by atoms with E-state index >= 15 is 0 Å². The summed E-state index contributed by atoms with van der Waals surface area (Å²) in [4.78, 5) is 0. The molecule has 5 heteroatoms. The molecule has 0 spiro atoms. The van der Waals surface area contributed by atoms with E-state index < -0.39 is 0 Å². The highest BCUT2D eigenvalue weighted by molar-refractivity contribution is 5.12. The summed E-state index contributed by atoms with van der Waals surface area (Å²) in [7, 11) is 0. The van der Waals surface area contributed by atoms with Gasteiger partial charge in [-0.1, -0.05) is 12.2 Å². The van der Waals surface area contributed by atoms with Crippen molar-refractivity contribution in [1.29, 1.82) is 0 Å². The van der Waals surface area contributed by atoms with E-state index in [0.29, 0.717) is 52.9 Å². The predicted octanol–water partition coefficient (Wildman–Crippen LogP) is 2.32. The average molecular weight is 300 g/mol. The van der Waals surface area contributed by atoms with E-state index in [4.69, 9.17) is 23.7 Å². The van der Waals surface area contributed by atoms with Gasteiger partial charge in [0.1, 0.15) is 6.61 Å². The summed E-state index contributed by atoms with van der Waals surface area (Å²) in [6.45, 7) is 7.51. The van der Waals surface area contributed by atoms with Gasteiger partial charge in [-0.25, -0.2) is 0 Å². The lowest BCUT2D eigenvalue weighted by atomic mass is 10.2. The Balaban J connectivity index is 1.73. The van der Waals surface area contributed by atoms with Crippen LogP contribution < -0.4 is 0 Å². The van der Waals surface area contributed by atoms with Crippen LogP contribution in [0.1, 0.15) is 19.8 Å². The summed E-state index contributed by atoms with van der Waals surface area (Å²) in [5.41, 5.74) is 0. The molecule has 0 aromatic heterocycles. The minimum Gasteiger partial charge on any atom is -0.496 e. The summed E-state index contributed by atoms with van der Waals surface area (Å²) < 4.78 is 26.9. The van der Waals surface area contributed by atoms with Gasteiger partial charge < -0.3 is 23.7 Å². The Hall–Kier alpha value is -0.880. The Morgan fingerprint density at radius 1 is 0.810 bits per heavy atom. The number of hydrogen-bond donors (Lipinski definition) is 0. The lowest BCUT2D eigenvalue weighted by molar-refractivity contribution is -0.00633. The number of allylic oxidation sites excluding steroid dienone is 4. The third-order valence-corrected chi connectivity index (χ3v) is 2.81. The van der Waals surface area contributed by atoms with Crippen molar-refractivity contribution in [3.63, 3.8) is 0 Å². The molecule has 0 aromatic carbocycles. The van der Waals surface area contributed by atoms with Crippen LogP contribution in [0, 0.1) is 0 Å². The maximum atomic E-state index is 5.59. The van der Waals surface area contributed by atoms with Crippen molar-refractivity contribution < 1.29 is 23.7 Å². The molecule has 0 atom stereocenters. The summed E-state index contributed by atoms with van der Waals surface area (Å²) >= 11 is 0. The van der Waals surface area contributed by atoms with Crippen LogP contribution in [0.25, 0.3) is 0 Å². The molecule has 5 nitrogen and oxygen atoms in total. The normalized spacial score (nSPS) is 14.2. The predicted molar refractivity (Wildman–Crippen MR) is 81.4 cm³/mol. The Bertz CT molecular complexity index is 288. The van der Waals surface area contributed by atoms with Crippen LogP contribution in [0.2, 0.25) is 0 Å². The van der Waals surface area contributed by atoms with E-state index in [2.05, 4.69) is 6.08 Å². The molecule has 0 amide bonds. The van der Waals surface area contributed by atoms with Gasteiger partial charge >= 0.3 is 0 Å². The zero-order valence-corrected chi connectivity index (χ0v) is 13.1. The molecule has 0 saturated carbocycles. The number of hydrogen-bond acceptors (Lipinski definition) is 5. The van der Waals surface area contributed by atoms with E-state index in [1.807, 2.05) is 19.1 Å². The molecule has 1 rings (SSSR count). The summed E-state index contributed by atoms with van der Waals surface area (Å²) in [5.74, 6) is 1.04. The van der Waals surface area contributed by atoms with Gasteiger partial charge in [-0.3, -0.25) is 0 Å². The van der Waals surface area contributed by atoms with E-state index in [1.54, 1.807) is 0 Å². The van der Waals surface area contributed by atoms with Gasteiger partial charge in [0.2, 0.25) is 0 Å². The van der Waals surface area contributed by atoms with Gasteiger partial charge in [0.05, 0.1) is 52.0 Å². The summed E-state index contributed by atoms with van der Waals surface area (Å²) in [6, 6.07) is 0. The molecule has 0 aromatic rings. The molecule has 1 aliphatic carbocycles. The Labute approximate surface area is 127 Å². The first kappa shape index (κ1) is 18.2. The van der Waals surface area contributed by atoms with Gasteiger partial charge in [-0.2, -0.15) is 0 Å². The monoisotopic (exact) mass is 300 g/mol. The van der Waals surface area contributed by atoms with E-state index in [-0.39, 0.29) is 0 Å². The molecular weight excluding hydrogens is 272 g/mol. The molecule has 0 bridgehead atoms. The SMILES string of the molecule is CCOCCOCCOCCOCCOC1=CC=CCC1. The maximum absolute atomic E-state index is 5.59. The molecule has 0 radical (unpaired) electrons. The quantitative estimate of drug-likeness (QED) is 0.461. The lowest BCUT2D eigenvalue weighted by Gasteiger charge is -2.11. The molecular formula is C16H28O5. The Kier molecular flexibility index (Phi) is 12.2. The average Bonchev–Trinajstić information content (AvgIpc) is 2.53. The third-order valence-electron chi connectivity index (χ3n) is 2.81. The van der Waals surface area contributed by atoms with E-state index in [1.165, 1.54) is 0 Å². The smallest absolute Gasteiger partial charge is 0.111 e. The summed E-state index contributed by atoms with van der Waals surface area (Å²) in [6.07, 6.45) is 8.24. The molecule has 122 valence electrons. The van der Waals surface area contributed by atoms with Gasteiger partial charge in [-0.05, 0) is 19.4 Å². The third kappa shape index (κ3) is 11.5. The first-order valence-electron chi connectivity index (χ1n) is 7.73. The van der Waals surface area contributed by atoms with Crippen LogP contribution in [-0.2, 0) is 23.7 Å². The fourth-order valence-electron chi connectivity index (χ4n) is 1.74. The Morgan fingerprint density at radius 2 is 1.38 bits per heavy atom. The van der Waals surface area contributed by atoms with Crippen molar-refractivity contribution in [2.45, 2.75) is 19.8 Å². The van der Waals surface area contributed by atoms with Crippen LogP contribution >= 0.6 is 0 Å². The zero-order valence-electron chi connectivity index (χ0n) is 13.1. The van der Waals surface area contributed by atoms with Crippen molar-refractivity contribution in [2.75, 3.05) is 59.5 Å². The largest absolute Gasteiger partial charge is 0.496 e. The summed E-state index contributed by atoms with van der Waals surface area (Å²) in [5, 5.41) is 0. The van der Waals surface area contributed by atoms with Crippen LogP contribution in [0.3, 0.4) is 0 Å². The zero-order chi connectivity index (χ0) is 15.0. The van der Waals surface area contributed by atoms with Crippen LogP contribution in [-0.4, -0.2) is 59.5 Å². The highest BCUT2D eigenvalue weighted by Crippen LogP contribution is 2.12. The van der Waals surface area contributed by atoms with Crippen molar-refractivity contribution in [3.8, 4) is 0 Å². The topological polar surface area (TPSA) is 46.2 Å². The molecule has 0 fully saturated rings. The second kappa shape index (κ2) is 14.1. The second-order valence-electron chi connectivity index (χ2n) is 4.48. The molecule has 0 aliphatic heterocycles. The molecule has 0 saturated heterocycles. The maximum Gasteiger partial charge on any atom is 0.111 e. The number of rotatable bonds is 14. The van der Waals surface area contributed by atoms with Gasteiger partial charge in [-0.15, -0.1) is 0 Å². The van der Waals surface area contributed by atoms with Gasteiger partial charge in [0, 0.05) is 13.0 Å². The Morgan fingerprint density at radius 3 is 1.90 bits per heavy atom. The van der Waals surface area contributed by atoms with Crippen molar-refractivity contribution in [3.05, 3.63) is 24.0 Å². The fourth-order valence-corrected chi connectivity index (χ4v) is 1.74. The van der Waals surface area contributed by atoms with Crippen LogP contribution in [0.4, 0.5) is 0 Å². The van der Waals surface area contributed by atoms with Crippen LogP contribution in [0.5, 0.6) is 0 Å². The first-order valence-corrected chi connectivity index (χ1v) is 7.73. The van der Waals surface area contributed by atoms with Crippen molar-refractivity contribution >= 4 is 0 Å². The van der Waals surface area contributed by atoms with E-state index in [0.717, 1.165) is 25.2 Å². The fraction of sp³-hybridized carbons (Fsp3) is 0.750. The highest BCUT2D eigenvalue weighted by atomic mass is 16.6. The molecule has 21 heavy (non-hydrogen) atoms. The minimum atomic E-state index is 0.584. The van der Waals surface area contributed by atoms with Crippen LogP contribution in [0.15, 0.2) is 24.0 Å². The molecule has 0 heterocycles. The van der Waals surface area contributed by atoms with Gasteiger partial charge in [0.25, 0.3) is 0 Å². The highest BCUT2D eigenvalue weighted by Gasteiger charge is 1.99. The minimum absolute atomic E-state index is 0.584. The van der Waals surface area contributed by atoms with Gasteiger partial charge in [0.15, 0.2) is 0 Å². The molecule has 0 unspecified atom stereocenters. The standard InChI is InChI=1S/C16H28O5/c1-2-17-8-9-18-10-11-19-12-13-20-14-15-21-16-6-4-3-5-7-16/h3-4,6H,2,5,7-15H2,1H3. The van der Waals surface area contributed by atoms with Crippen molar-refractivity contribution in [1.82, 2.24) is 0 Å². The molecule has 1 aliphatic rings. The van der Waals surface area contributed by atoms with E-state index in [9.17, 15) is 0 Å². The number of ether oxygens (including phenoxy) is 5. The molecule has 0 N–H and O–H groups in total. The lowest BCUT2D eigenvalue weighted by Crippen LogP contribution is -2.13. The van der Waals surface area contributed by atoms with Crippen molar-refractivity contribution in [2.24, 2.45) is 0 Å².